The predicted molar refractivity (Wildman–Crippen MR) is 87.9 cm³/mol. The van der Waals surface area contributed by atoms with Gasteiger partial charge in [-0.2, -0.15) is 0 Å². The maximum atomic E-state index is 12.4. The zero-order chi connectivity index (χ0) is 15.8. The van der Waals surface area contributed by atoms with Gasteiger partial charge >= 0.3 is 0 Å². The van der Waals surface area contributed by atoms with Gasteiger partial charge in [0.15, 0.2) is 5.09 Å². The second-order valence-electron chi connectivity index (χ2n) is 5.92. The molecule has 3 atom stereocenters. The molecule has 4 rings (SSSR count). The van der Waals surface area contributed by atoms with Gasteiger partial charge < -0.3 is 15.1 Å². The van der Waals surface area contributed by atoms with Gasteiger partial charge in [-0.25, -0.2) is 4.98 Å². The molecular weight excluding hydrogens is 334 g/mol. The van der Waals surface area contributed by atoms with E-state index in [-0.39, 0.29) is 17.3 Å². The van der Waals surface area contributed by atoms with Gasteiger partial charge in [-0.1, -0.05) is 11.8 Å². The van der Waals surface area contributed by atoms with Gasteiger partial charge in [0.1, 0.15) is 0 Å². The first-order chi connectivity index (χ1) is 11.2. The number of carbonyl (C=O) groups excluding carboxylic acids is 1. The zero-order valence-corrected chi connectivity index (χ0v) is 13.9. The minimum absolute atomic E-state index is 0.0105. The van der Waals surface area contributed by atoms with E-state index in [1.165, 1.54) is 18.2 Å². The van der Waals surface area contributed by atoms with Crippen LogP contribution in [-0.4, -0.2) is 29.0 Å². The Bertz CT molecular complexity index is 718. The number of rotatable bonds is 4. The standard InChI is InChI=1S/C16H16ClN3O2S/c17-16-18-8-14(22-16)23-11-4-1-9(2-5-11)15(21)20-13-7-10-3-6-12(13)19-10/h1-2,4-5,8,10,12-13,19H,3,6-7H2,(H,20,21). The van der Waals surface area contributed by atoms with E-state index < -0.39 is 0 Å². The van der Waals surface area contributed by atoms with Gasteiger partial charge in [-0.3, -0.25) is 4.79 Å². The number of carbonyl (C=O) groups is 1. The monoisotopic (exact) mass is 349 g/mol. The number of fused-ring (bicyclic) bond motifs is 2. The molecule has 3 unspecified atom stereocenters. The van der Waals surface area contributed by atoms with Gasteiger partial charge in [0, 0.05) is 28.6 Å². The minimum atomic E-state index is -0.0105. The molecule has 1 aromatic carbocycles. The highest BCUT2D eigenvalue weighted by Gasteiger charge is 2.39. The van der Waals surface area contributed by atoms with Crippen molar-refractivity contribution in [2.24, 2.45) is 0 Å². The fourth-order valence-electron chi connectivity index (χ4n) is 3.31. The molecule has 2 bridgehead atoms. The van der Waals surface area contributed by atoms with Crippen molar-refractivity contribution in [1.29, 1.82) is 0 Å². The van der Waals surface area contributed by atoms with Crippen molar-refractivity contribution in [2.75, 3.05) is 0 Å². The summed E-state index contributed by atoms with van der Waals surface area (Å²) in [5.41, 5.74) is 0.674. The molecule has 2 aromatic rings. The Balaban J connectivity index is 1.38. The third-order valence-corrected chi connectivity index (χ3v) is 5.48. The van der Waals surface area contributed by atoms with E-state index in [1.54, 1.807) is 6.20 Å². The number of benzene rings is 1. The van der Waals surface area contributed by atoms with Crippen LogP contribution < -0.4 is 10.6 Å². The number of amides is 1. The highest BCUT2D eigenvalue weighted by molar-refractivity contribution is 7.99. The summed E-state index contributed by atoms with van der Waals surface area (Å²) in [5, 5.41) is 7.43. The lowest BCUT2D eigenvalue weighted by Crippen LogP contribution is -2.42. The first-order valence-electron chi connectivity index (χ1n) is 7.63. The van der Waals surface area contributed by atoms with Crippen LogP contribution >= 0.6 is 23.4 Å². The van der Waals surface area contributed by atoms with E-state index >= 15 is 0 Å². The third-order valence-electron chi connectivity index (χ3n) is 4.41. The Kier molecular flexibility index (Phi) is 4.05. The molecule has 120 valence electrons. The van der Waals surface area contributed by atoms with Crippen molar-refractivity contribution in [2.45, 2.75) is 47.4 Å². The van der Waals surface area contributed by atoms with Crippen LogP contribution in [0.2, 0.25) is 5.35 Å². The molecule has 0 radical (unpaired) electrons. The molecule has 2 N–H and O–H groups in total. The summed E-state index contributed by atoms with van der Waals surface area (Å²) < 4.78 is 5.21. The Labute approximate surface area is 143 Å². The van der Waals surface area contributed by atoms with E-state index in [9.17, 15) is 4.79 Å². The van der Waals surface area contributed by atoms with Crippen molar-refractivity contribution >= 4 is 29.3 Å². The molecule has 2 aliphatic heterocycles. The number of halogens is 1. The summed E-state index contributed by atoms with van der Waals surface area (Å²) in [6.07, 6.45) is 5.01. The lowest BCUT2D eigenvalue weighted by Gasteiger charge is -2.21. The van der Waals surface area contributed by atoms with Crippen LogP contribution in [0.25, 0.3) is 0 Å². The largest absolute Gasteiger partial charge is 0.421 e. The van der Waals surface area contributed by atoms with Crippen LogP contribution in [0.3, 0.4) is 0 Å². The average molecular weight is 350 g/mol. The normalized spacial score (nSPS) is 25.7. The van der Waals surface area contributed by atoms with Crippen LogP contribution in [0.5, 0.6) is 0 Å². The Morgan fingerprint density at radius 1 is 1.35 bits per heavy atom. The molecule has 3 heterocycles. The van der Waals surface area contributed by atoms with Crippen molar-refractivity contribution in [3.63, 3.8) is 0 Å². The second-order valence-corrected chi connectivity index (χ2v) is 7.32. The summed E-state index contributed by atoms with van der Waals surface area (Å²) in [7, 11) is 0. The quantitative estimate of drug-likeness (QED) is 0.887. The summed E-state index contributed by atoms with van der Waals surface area (Å²) in [6.45, 7) is 0. The summed E-state index contributed by atoms with van der Waals surface area (Å²) in [5.74, 6) is -0.0105. The van der Waals surface area contributed by atoms with Gasteiger partial charge in [0.25, 0.3) is 11.3 Å². The highest BCUT2D eigenvalue weighted by atomic mass is 35.5. The van der Waals surface area contributed by atoms with Gasteiger partial charge in [-0.05, 0) is 55.1 Å². The topological polar surface area (TPSA) is 67.2 Å². The van der Waals surface area contributed by atoms with Gasteiger partial charge in [0.2, 0.25) is 0 Å². The number of nitrogens with zero attached hydrogens (tertiary/aromatic N) is 1. The SMILES string of the molecule is O=C(NC1CC2CCC1N2)c1ccc(Sc2cnc(Cl)o2)cc1. The minimum Gasteiger partial charge on any atom is -0.421 e. The molecule has 2 aliphatic rings. The Morgan fingerprint density at radius 3 is 2.78 bits per heavy atom. The summed E-state index contributed by atoms with van der Waals surface area (Å²) in [4.78, 5) is 17.2. The lowest BCUT2D eigenvalue weighted by molar-refractivity contribution is 0.0931. The fraction of sp³-hybridized carbons (Fsp3) is 0.375. The van der Waals surface area contributed by atoms with Crippen molar-refractivity contribution in [1.82, 2.24) is 15.6 Å². The van der Waals surface area contributed by atoms with E-state index in [2.05, 4.69) is 15.6 Å². The maximum Gasteiger partial charge on any atom is 0.293 e. The molecule has 0 saturated carbocycles. The highest BCUT2D eigenvalue weighted by Crippen LogP contribution is 2.30. The number of aromatic nitrogens is 1. The smallest absolute Gasteiger partial charge is 0.293 e. The van der Waals surface area contributed by atoms with Crippen LogP contribution in [0.1, 0.15) is 29.6 Å². The molecule has 1 amide bonds. The van der Waals surface area contributed by atoms with E-state index in [0.29, 0.717) is 22.7 Å². The fourth-order valence-corrected chi connectivity index (χ4v) is 4.22. The van der Waals surface area contributed by atoms with Crippen molar-refractivity contribution in [3.8, 4) is 0 Å². The predicted octanol–water partition coefficient (Wildman–Crippen LogP) is 3.10. The van der Waals surface area contributed by atoms with Crippen LogP contribution in [0, 0.1) is 0 Å². The van der Waals surface area contributed by atoms with Crippen LogP contribution in [0.15, 0.2) is 44.9 Å². The van der Waals surface area contributed by atoms with Gasteiger partial charge in [0.05, 0.1) is 6.20 Å². The van der Waals surface area contributed by atoms with E-state index in [1.807, 2.05) is 24.3 Å². The molecule has 5 nitrogen and oxygen atoms in total. The molecule has 1 aromatic heterocycles. The third kappa shape index (κ3) is 3.24. The number of nitrogens with one attached hydrogen (secondary N) is 2. The number of hydrogen-bond acceptors (Lipinski definition) is 5. The van der Waals surface area contributed by atoms with Crippen molar-refractivity contribution in [3.05, 3.63) is 41.4 Å². The molecule has 2 saturated heterocycles. The second kappa shape index (κ2) is 6.19. The first-order valence-corrected chi connectivity index (χ1v) is 8.83. The van der Waals surface area contributed by atoms with E-state index in [0.717, 1.165) is 17.7 Å². The molecule has 2 fully saturated rings. The van der Waals surface area contributed by atoms with Crippen molar-refractivity contribution < 1.29 is 9.21 Å². The van der Waals surface area contributed by atoms with Gasteiger partial charge in [-0.15, -0.1) is 0 Å². The molecule has 23 heavy (non-hydrogen) atoms. The maximum absolute atomic E-state index is 12.4. The van der Waals surface area contributed by atoms with E-state index in [4.69, 9.17) is 16.0 Å². The lowest BCUT2D eigenvalue weighted by atomic mass is 9.95. The Hall–Kier alpha value is -1.50. The average Bonchev–Trinajstić information content (AvgIpc) is 3.25. The molecule has 0 spiro atoms. The molecule has 0 aliphatic carbocycles. The summed E-state index contributed by atoms with van der Waals surface area (Å²) >= 11 is 7.07. The number of oxazole rings is 1. The number of hydrogen-bond donors (Lipinski definition) is 2. The Morgan fingerprint density at radius 2 is 2.17 bits per heavy atom. The molecule has 7 heteroatoms. The summed E-state index contributed by atoms with van der Waals surface area (Å²) in [6, 6.07) is 8.73. The molecular formula is C16H16ClN3O2S. The first kappa shape index (κ1) is 15.1. The van der Waals surface area contributed by atoms with Crippen LogP contribution in [0.4, 0.5) is 0 Å². The zero-order valence-electron chi connectivity index (χ0n) is 12.3. The van der Waals surface area contributed by atoms with Crippen LogP contribution in [-0.2, 0) is 0 Å².